The maximum Gasteiger partial charge on any atom is 0.183 e. The second-order valence-corrected chi connectivity index (χ2v) is 5.51. The van der Waals surface area contributed by atoms with Crippen molar-refractivity contribution >= 4 is 37.5 Å². The zero-order chi connectivity index (χ0) is 13.8. The van der Waals surface area contributed by atoms with Gasteiger partial charge >= 0.3 is 0 Å². The molecule has 4 nitrogen and oxygen atoms in total. The van der Waals surface area contributed by atoms with Gasteiger partial charge in [0.25, 0.3) is 0 Å². The predicted octanol–water partition coefficient (Wildman–Crippen LogP) is 3.93. The molecular formula is C13H14Br2N2O2. The average molecular weight is 390 g/mol. The summed E-state index contributed by atoms with van der Waals surface area (Å²) in [6.07, 6.45) is 0. The first-order chi connectivity index (χ1) is 9.13. The Balaban J connectivity index is 2.18. The summed E-state index contributed by atoms with van der Waals surface area (Å²) in [6.45, 7) is 0.420. The monoisotopic (exact) mass is 388 g/mol. The van der Waals surface area contributed by atoms with Gasteiger partial charge < -0.3 is 20.2 Å². The number of halogens is 2. The molecule has 1 atom stereocenters. The van der Waals surface area contributed by atoms with Gasteiger partial charge in [-0.2, -0.15) is 0 Å². The molecule has 1 unspecified atom stereocenters. The number of rotatable bonds is 5. The number of nitrogens with two attached hydrogens (primary N) is 1. The summed E-state index contributed by atoms with van der Waals surface area (Å²) >= 11 is 6.71. The van der Waals surface area contributed by atoms with Crippen LogP contribution in [-0.2, 0) is 0 Å². The first kappa shape index (κ1) is 14.4. The highest BCUT2D eigenvalue weighted by Gasteiger charge is 2.16. The number of nitrogens with one attached hydrogen (secondary N) is 1. The third-order valence-corrected chi connectivity index (χ3v) is 4.36. The van der Waals surface area contributed by atoms with Gasteiger partial charge in [0.15, 0.2) is 4.67 Å². The molecule has 2 aromatic rings. The Morgan fingerprint density at radius 2 is 2.16 bits per heavy atom. The molecular weight excluding hydrogens is 376 g/mol. The second kappa shape index (κ2) is 6.45. The highest BCUT2D eigenvalue weighted by Crippen LogP contribution is 2.31. The molecule has 0 bridgehead atoms. The van der Waals surface area contributed by atoms with Gasteiger partial charge in [-0.15, -0.1) is 0 Å². The SMILES string of the molecule is COc1cccc(NC(CN)c2cc(Br)c(Br)o2)c1. The van der Waals surface area contributed by atoms with Gasteiger partial charge in [0.05, 0.1) is 17.6 Å². The summed E-state index contributed by atoms with van der Waals surface area (Å²) in [5.74, 6) is 1.56. The molecule has 0 aliphatic heterocycles. The largest absolute Gasteiger partial charge is 0.497 e. The lowest BCUT2D eigenvalue weighted by atomic mass is 10.2. The molecule has 1 aromatic carbocycles. The Labute approximate surface area is 128 Å². The van der Waals surface area contributed by atoms with E-state index in [0.717, 1.165) is 21.7 Å². The highest BCUT2D eigenvalue weighted by molar-refractivity contribution is 9.13. The maximum absolute atomic E-state index is 5.80. The normalized spacial score (nSPS) is 12.2. The molecule has 0 amide bonds. The molecule has 2 rings (SSSR count). The van der Waals surface area contributed by atoms with Crippen LogP contribution in [0.5, 0.6) is 5.75 Å². The van der Waals surface area contributed by atoms with Crippen LogP contribution in [0.25, 0.3) is 0 Å². The fourth-order valence-electron chi connectivity index (χ4n) is 1.70. The quantitative estimate of drug-likeness (QED) is 0.813. The summed E-state index contributed by atoms with van der Waals surface area (Å²) in [7, 11) is 1.64. The summed E-state index contributed by atoms with van der Waals surface area (Å²) in [6, 6.07) is 9.48. The fraction of sp³-hybridized carbons (Fsp3) is 0.231. The van der Waals surface area contributed by atoms with Crippen molar-refractivity contribution in [2.24, 2.45) is 5.73 Å². The van der Waals surface area contributed by atoms with Crippen LogP contribution in [0.3, 0.4) is 0 Å². The zero-order valence-corrected chi connectivity index (χ0v) is 13.5. The number of furan rings is 1. The Morgan fingerprint density at radius 3 is 2.74 bits per heavy atom. The lowest BCUT2D eigenvalue weighted by Gasteiger charge is -2.16. The van der Waals surface area contributed by atoms with Gasteiger partial charge in [0, 0.05) is 18.3 Å². The molecule has 1 heterocycles. The van der Waals surface area contributed by atoms with Gasteiger partial charge in [0.2, 0.25) is 0 Å². The standard InChI is InChI=1S/C13H14Br2N2O2/c1-18-9-4-2-3-8(5-9)17-11(7-16)12-6-10(14)13(15)19-12/h2-6,11,17H,7,16H2,1H3. The Hall–Kier alpha value is -0.980. The summed E-state index contributed by atoms with van der Waals surface area (Å²) in [4.78, 5) is 0. The second-order valence-electron chi connectivity index (χ2n) is 3.93. The lowest BCUT2D eigenvalue weighted by molar-refractivity contribution is 0.415. The highest BCUT2D eigenvalue weighted by atomic mass is 79.9. The third-order valence-electron chi connectivity index (χ3n) is 2.65. The third kappa shape index (κ3) is 3.52. The molecule has 0 fully saturated rings. The van der Waals surface area contributed by atoms with Crippen LogP contribution in [-0.4, -0.2) is 13.7 Å². The number of hydrogen-bond acceptors (Lipinski definition) is 4. The van der Waals surface area contributed by atoms with Crippen molar-refractivity contribution in [1.82, 2.24) is 0 Å². The minimum atomic E-state index is -0.102. The van der Waals surface area contributed by atoms with Gasteiger partial charge in [-0.3, -0.25) is 0 Å². The van der Waals surface area contributed by atoms with E-state index in [2.05, 4.69) is 37.2 Å². The molecule has 0 aliphatic carbocycles. The van der Waals surface area contributed by atoms with E-state index in [-0.39, 0.29) is 6.04 Å². The van der Waals surface area contributed by atoms with E-state index in [1.165, 1.54) is 0 Å². The van der Waals surface area contributed by atoms with E-state index >= 15 is 0 Å². The van der Waals surface area contributed by atoms with Crippen LogP contribution < -0.4 is 15.8 Å². The van der Waals surface area contributed by atoms with E-state index in [1.54, 1.807) is 7.11 Å². The van der Waals surface area contributed by atoms with Crippen molar-refractivity contribution in [1.29, 1.82) is 0 Å². The Morgan fingerprint density at radius 1 is 1.37 bits per heavy atom. The minimum absolute atomic E-state index is 0.102. The minimum Gasteiger partial charge on any atom is -0.497 e. The summed E-state index contributed by atoms with van der Waals surface area (Å²) in [5.41, 5.74) is 6.73. The van der Waals surface area contributed by atoms with Crippen molar-refractivity contribution in [3.05, 3.63) is 45.2 Å². The Bertz CT molecular complexity index is 538. The van der Waals surface area contributed by atoms with Crippen LogP contribution in [0.1, 0.15) is 11.8 Å². The van der Waals surface area contributed by atoms with Crippen molar-refractivity contribution in [3.63, 3.8) is 0 Å². The Kier molecular flexibility index (Phi) is 4.90. The number of ether oxygens (including phenoxy) is 1. The average Bonchev–Trinajstić information content (AvgIpc) is 2.76. The van der Waals surface area contributed by atoms with Crippen LogP contribution in [0.15, 0.2) is 43.9 Å². The number of anilines is 1. The maximum atomic E-state index is 5.80. The van der Waals surface area contributed by atoms with Gasteiger partial charge in [-0.05, 0) is 50.1 Å². The first-order valence-electron chi connectivity index (χ1n) is 5.69. The smallest absolute Gasteiger partial charge is 0.183 e. The summed E-state index contributed by atoms with van der Waals surface area (Å²) in [5, 5.41) is 3.32. The number of methoxy groups -OCH3 is 1. The molecule has 6 heteroatoms. The molecule has 19 heavy (non-hydrogen) atoms. The molecule has 0 saturated carbocycles. The molecule has 0 radical (unpaired) electrons. The zero-order valence-electron chi connectivity index (χ0n) is 10.3. The molecule has 0 saturated heterocycles. The van der Waals surface area contributed by atoms with Crippen LogP contribution in [0.2, 0.25) is 0 Å². The fourth-order valence-corrected chi connectivity index (χ4v) is 2.30. The molecule has 3 N–H and O–H groups in total. The topological polar surface area (TPSA) is 60.4 Å². The first-order valence-corrected chi connectivity index (χ1v) is 7.28. The van der Waals surface area contributed by atoms with Crippen molar-refractivity contribution < 1.29 is 9.15 Å². The van der Waals surface area contributed by atoms with E-state index in [1.807, 2.05) is 30.3 Å². The molecule has 1 aromatic heterocycles. The van der Waals surface area contributed by atoms with E-state index in [4.69, 9.17) is 14.9 Å². The molecule has 102 valence electrons. The van der Waals surface area contributed by atoms with E-state index in [0.29, 0.717) is 11.2 Å². The molecule has 0 aliphatic rings. The van der Waals surface area contributed by atoms with Gasteiger partial charge in [0.1, 0.15) is 11.5 Å². The van der Waals surface area contributed by atoms with Crippen molar-refractivity contribution in [2.45, 2.75) is 6.04 Å². The summed E-state index contributed by atoms with van der Waals surface area (Å²) < 4.78 is 12.3. The van der Waals surface area contributed by atoms with Crippen LogP contribution >= 0.6 is 31.9 Å². The number of hydrogen-bond donors (Lipinski definition) is 2. The number of benzene rings is 1. The predicted molar refractivity (Wildman–Crippen MR) is 82.5 cm³/mol. The van der Waals surface area contributed by atoms with E-state index in [9.17, 15) is 0 Å². The van der Waals surface area contributed by atoms with Crippen molar-refractivity contribution in [3.8, 4) is 5.75 Å². The van der Waals surface area contributed by atoms with Crippen LogP contribution in [0, 0.1) is 0 Å². The lowest BCUT2D eigenvalue weighted by Crippen LogP contribution is -2.20. The van der Waals surface area contributed by atoms with Gasteiger partial charge in [-0.1, -0.05) is 6.07 Å². The van der Waals surface area contributed by atoms with Crippen LogP contribution in [0.4, 0.5) is 5.69 Å². The van der Waals surface area contributed by atoms with E-state index < -0.39 is 0 Å². The molecule has 0 spiro atoms. The van der Waals surface area contributed by atoms with Gasteiger partial charge in [-0.25, -0.2) is 0 Å². The van der Waals surface area contributed by atoms with Crippen molar-refractivity contribution in [2.75, 3.05) is 19.0 Å².